The first kappa shape index (κ1) is 25.0. The Morgan fingerprint density at radius 3 is 2.17 bits per heavy atom. The highest BCUT2D eigenvalue weighted by molar-refractivity contribution is 7.18. The Labute approximate surface area is 220 Å². The lowest BCUT2D eigenvalue weighted by Crippen LogP contribution is -2.66. The van der Waals surface area contributed by atoms with Crippen molar-refractivity contribution in [2.24, 2.45) is 5.92 Å². The van der Waals surface area contributed by atoms with Gasteiger partial charge in [0, 0.05) is 18.8 Å². The minimum absolute atomic E-state index is 0.115. The lowest BCUT2D eigenvalue weighted by atomic mass is 9.82. The van der Waals surface area contributed by atoms with Crippen molar-refractivity contribution in [3.8, 4) is 0 Å². The molecule has 6 nitrogen and oxygen atoms in total. The molecule has 2 aromatic carbocycles. The van der Waals surface area contributed by atoms with Gasteiger partial charge in [0.25, 0.3) is 5.91 Å². The van der Waals surface area contributed by atoms with Crippen LogP contribution in [0.5, 0.6) is 0 Å². The predicted molar refractivity (Wildman–Crippen MR) is 140 cm³/mol. The molecule has 6 rings (SSSR count). The molecule has 2 bridgehead atoms. The smallest absolute Gasteiger partial charge is 0.348 e. The largest absolute Gasteiger partial charge is 0.453 e. The number of ether oxygens (including phenoxy) is 1. The first-order valence-corrected chi connectivity index (χ1v) is 13.5. The highest BCUT2D eigenvalue weighted by Gasteiger charge is 2.50. The minimum atomic E-state index is -1.88. The van der Waals surface area contributed by atoms with Crippen LogP contribution in [0.3, 0.4) is 0 Å². The number of quaternary nitrogens is 1. The summed E-state index contributed by atoms with van der Waals surface area (Å²) in [5.74, 6) is -0.469. The van der Waals surface area contributed by atoms with Crippen molar-refractivity contribution in [2.45, 2.75) is 24.5 Å². The first-order chi connectivity index (χ1) is 17.4. The summed E-state index contributed by atoms with van der Waals surface area (Å²) in [6, 6.07) is 21.4. The van der Waals surface area contributed by atoms with Crippen LogP contribution < -0.4 is 5.32 Å². The number of benzene rings is 2. The van der Waals surface area contributed by atoms with Gasteiger partial charge in [-0.05, 0) is 23.3 Å². The van der Waals surface area contributed by atoms with Gasteiger partial charge in [-0.15, -0.1) is 11.3 Å². The first-order valence-electron chi connectivity index (χ1n) is 12.3. The summed E-state index contributed by atoms with van der Waals surface area (Å²) < 4.78 is 7.51. The maximum absolute atomic E-state index is 13.6. The molecule has 1 atom stereocenters. The Kier molecular flexibility index (Phi) is 7.17. The lowest BCUT2D eigenvalue weighted by molar-refractivity contribution is -0.945. The number of hydrogen-bond acceptors (Lipinski definition) is 5. The number of nitrogens with zero attached hydrogens (tertiary/aromatic N) is 1. The zero-order chi connectivity index (χ0) is 25.2. The molecule has 0 aliphatic carbocycles. The van der Waals surface area contributed by atoms with Crippen LogP contribution in [0.2, 0.25) is 4.34 Å². The summed E-state index contributed by atoms with van der Waals surface area (Å²) in [7, 11) is 0. The summed E-state index contributed by atoms with van der Waals surface area (Å²) in [6.45, 7) is 4.00. The number of hydrogen-bond donors (Lipinski definition) is 2. The van der Waals surface area contributed by atoms with E-state index in [1.165, 1.54) is 11.3 Å². The summed E-state index contributed by atoms with van der Waals surface area (Å²) >= 11 is 7.22. The molecule has 3 aliphatic rings. The number of rotatable bonds is 8. The summed E-state index contributed by atoms with van der Waals surface area (Å²) in [4.78, 5) is 26.7. The molecule has 8 heteroatoms. The van der Waals surface area contributed by atoms with Crippen molar-refractivity contribution in [3.63, 3.8) is 0 Å². The van der Waals surface area contributed by atoms with Crippen molar-refractivity contribution < 1.29 is 23.9 Å². The van der Waals surface area contributed by atoms with Crippen molar-refractivity contribution in [1.82, 2.24) is 5.32 Å². The van der Waals surface area contributed by atoms with E-state index in [9.17, 15) is 14.7 Å². The average molecular weight is 526 g/mol. The molecule has 3 fully saturated rings. The van der Waals surface area contributed by atoms with Crippen LogP contribution in [-0.2, 0) is 15.1 Å². The predicted octanol–water partition coefficient (Wildman–Crippen LogP) is 4.22. The molecule has 0 unspecified atom stereocenters. The van der Waals surface area contributed by atoms with Gasteiger partial charge in [-0.1, -0.05) is 72.3 Å². The number of aliphatic hydroxyl groups is 1. The molecule has 36 heavy (non-hydrogen) atoms. The van der Waals surface area contributed by atoms with Gasteiger partial charge >= 0.3 is 5.97 Å². The fraction of sp³-hybridized carbons (Fsp3) is 0.357. The van der Waals surface area contributed by atoms with Gasteiger partial charge in [0.15, 0.2) is 6.10 Å². The van der Waals surface area contributed by atoms with E-state index >= 15 is 0 Å². The minimum Gasteiger partial charge on any atom is -0.453 e. The van der Waals surface area contributed by atoms with Crippen molar-refractivity contribution >= 4 is 34.8 Å². The lowest BCUT2D eigenvalue weighted by Gasteiger charge is -2.52. The number of amides is 1. The van der Waals surface area contributed by atoms with Crippen molar-refractivity contribution in [2.75, 3.05) is 32.7 Å². The van der Waals surface area contributed by atoms with Gasteiger partial charge in [-0.25, -0.2) is 4.79 Å². The van der Waals surface area contributed by atoms with Gasteiger partial charge in [0.2, 0.25) is 5.60 Å². The number of halogens is 1. The van der Waals surface area contributed by atoms with E-state index in [0.29, 0.717) is 33.4 Å². The Bertz CT molecular complexity index is 1170. The Hall–Kier alpha value is -2.71. The fourth-order valence-electron chi connectivity index (χ4n) is 5.58. The molecule has 3 aliphatic heterocycles. The van der Waals surface area contributed by atoms with Gasteiger partial charge < -0.3 is 19.6 Å². The Morgan fingerprint density at radius 1 is 1.00 bits per heavy atom. The number of esters is 1. The molecular weight excluding hydrogens is 496 g/mol. The quantitative estimate of drug-likeness (QED) is 0.341. The fourth-order valence-corrected chi connectivity index (χ4v) is 6.54. The Balaban J connectivity index is 1.28. The van der Waals surface area contributed by atoms with Crippen LogP contribution >= 0.6 is 22.9 Å². The maximum atomic E-state index is 13.6. The highest BCUT2D eigenvalue weighted by Crippen LogP contribution is 2.38. The molecule has 0 saturated carbocycles. The molecule has 4 heterocycles. The summed E-state index contributed by atoms with van der Waals surface area (Å²) in [6.07, 6.45) is 1.65. The molecule has 0 radical (unpaired) electrons. The average Bonchev–Trinajstić information content (AvgIpc) is 3.36. The molecule has 3 aromatic rings. The molecule has 188 valence electrons. The van der Waals surface area contributed by atoms with E-state index in [0.717, 1.165) is 37.0 Å². The van der Waals surface area contributed by atoms with E-state index in [1.807, 2.05) is 36.4 Å². The molecule has 2 N–H and O–H groups in total. The second-order valence-corrected chi connectivity index (χ2v) is 11.5. The van der Waals surface area contributed by atoms with Gasteiger partial charge in [0.1, 0.15) is 6.54 Å². The number of thiophene rings is 1. The zero-order valence-corrected chi connectivity index (χ0v) is 21.5. The SMILES string of the molecule is O=C(NCC[N+]12CCC(CC1)[C@@H](OC(=O)C(O)(c1ccccc1)c1ccccc1)C2)c1ccc(Cl)s1. The summed E-state index contributed by atoms with van der Waals surface area (Å²) in [5, 5.41) is 14.8. The number of nitrogens with one attached hydrogen (secondary N) is 1. The van der Waals surface area contributed by atoms with Crippen molar-refractivity contribution in [3.05, 3.63) is 93.1 Å². The molecule has 3 saturated heterocycles. The molecule has 1 amide bonds. The second-order valence-electron chi connectivity index (χ2n) is 9.78. The number of fused-ring (bicyclic) bond motifs is 3. The topological polar surface area (TPSA) is 75.6 Å². The van der Waals surface area contributed by atoms with Crippen molar-refractivity contribution in [1.29, 1.82) is 0 Å². The van der Waals surface area contributed by atoms with E-state index in [2.05, 4.69) is 5.32 Å². The zero-order valence-electron chi connectivity index (χ0n) is 19.9. The van der Waals surface area contributed by atoms with E-state index in [4.69, 9.17) is 16.3 Å². The van der Waals surface area contributed by atoms with E-state index in [1.54, 1.807) is 36.4 Å². The number of piperidine rings is 3. The van der Waals surface area contributed by atoms with Crippen LogP contribution in [0, 0.1) is 5.92 Å². The Morgan fingerprint density at radius 2 is 1.61 bits per heavy atom. The normalized spacial score (nSPS) is 23.3. The third kappa shape index (κ3) is 4.93. The van der Waals surface area contributed by atoms with Gasteiger partial charge in [-0.3, -0.25) is 4.79 Å². The number of carbonyl (C=O) groups excluding carboxylic acids is 2. The molecule has 1 aromatic heterocycles. The van der Waals surface area contributed by atoms with Crippen LogP contribution in [0.25, 0.3) is 0 Å². The monoisotopic (exact) mass is 525 g/mol. The van der Waals surface area contributed by atoms with Crippen LogP contribution in [0.4, 0.5) is 0 Å². The van der Waals surface area contributed by atoms with Crippen LogP contribution in [-0.4, -0.2) is 60.3 Å². The van der Waals surface area contributed by atoms with Gasteiger partial charge in [0.05, 0.1) is 35.4 Å². The molecule has 0 spiro atoms. The van der Waals surface area contributed by atoms with Crippen LogP contribution in [0.15, 0.2) is 72.8 Å². The van der Waals surface area contributed by atoms with E-state index in [-0.39, 0.29) is 17.9 Å². The molecular formula is C28H30ClN2O4S+. The number of carbonyl (C=O) groups is 2. The second kappa shape index (κ2) is 10.3. The third-order valence-corrected chi connectivity index (χ3v) is 8.88. The van der Waals surface area contributed by atoms with Gasteiger partial charge in [-0.2, -0.15) is 0 Å². The summed E-state index contributed by atoms with van der Waals surface area (Å²) in [5.41, 5.74) is -0.902. The van der Waals surface area contributed by atoms with E-state index < -0.39 is 11.6 Å². The maximum Gasteiger partial charge on any atom is 0.348 e. The third-order valence-electron chi connectivity index (χ3n) is 7.65. The standard InChI is InChI=1S/C28H29ClN2O4S/c29-25-12-11-24(36-25)26(32)30-15-18-31-16-13-20(14-17-31)23(19-31)35-27(33)28(34,21-7-3-1-4-8-21)22-9-5-2-6-10-22/h1-12,20,23,34H,13-19H2/p+1/t20?,23-,31?/m0/s1. The van der Waals surface area contributed by atoms with Crippen LogP contribution in [0.1, 0.15) is 33.6 Å². The highest BCUT2D eigenvalue weighted by atomic mass is 35.5.